The predicted octanol–water partition coefficient (Wildman–Crippen LogP) is 5.93. The first-order valence-corrected chi connectivity index (χ1v) is 12.5. The fourth-order valence-corrected chi connectivity index (χ4v) is 4.55. The summed E-state index contributed by atoms with van der Waals surface area (Å²) in [6, 6.07) is 13.0. The summed E-state index contributed by atoms with van der Waals surface area (Å²) in [4.78, 5) is 37.3. The predicted molar refractivity (Wildman–Crippen MR) is 140 cm³/mol. The first-order valence-electron chi connectivity index (χ1n) is 12.5. The number of halogens is 1. The summed E-state index contributed by atoms with van der Waals surface area (Å²) in [7, 11) is 0. The molecular formula is C28H28FN5O3. The summed E-state index contributed by atoms with van der Waals surface area (Å²) < 4.78 is 19.6. The van der Waals surface area contributed by atoms with Gasteiger partial charge in [0.25, 0.3) is 5.91 Å². The molecule has 0 saturated heterocycles. The fraction of sp³-hybridized carbons (Fsp3) is 0.286. The van der Waals surface area contributed by atoms with Gasteiger partial charge in [0.1, 0.15) is 23.2 Å². The largest absolute Gasteiger partial charge is 0.494 e. The summed E-state index contributed by atoms with van der Waals surface area (Å²) in [6.07, 6.45) is 6.88. The van der Waals surface area contributed by atoms with Crippen LogP contribution in [0.5, 0.6) is 5.75 Å². The van der Waals surface area contributed by atoms with E-state index in [2.05, 4.69) is 25.6 Å². The van der Waals surface area contributed by atoms with Crippen molar-refractivity contribution >= 4 is 34.4 Å². The molecule has 8 nitrogen and oxygen atoms in total. The Morgan fingerprint density at radius 1 is 1.05 bits per heavy atom. The molecule has 0 atom stereocenters. The Hall–Kier alpha value is -4.27. The van der Waals surface area contributed by atoms with E-state index in [1.54, 1.807) is 49.5 Å². The Kier molecular flexibility index (Phi) is 7.11. The molecule has 0 aliphatic heterocycles. The van der Waals surface area contributed by atoms with Crippen LogP contribution in [-0.2, 0) is 4.79 Å². The molecule has 2 aromatic carbocycles. The van der Waals surface area contributed by atoms with Crippen LogP contribution in [0.15, 0.2) is 54.7 Å². The van der Waals surface area contributed by atoms with Gasteiger partial charge in [-0.2, -0.15) is 0 Å². The highest BCUT2D eigenvalue weighted by Gasteiger charge is 2.21. The SMILES string of the molecule is CCOc1ccc(C(=O)Nc2ccc(-c3nc4cc(NC(=O)C5CCCCC5)ncc4[nH]3)cc2)c(F)c1. The topological polar surface area (TPSA) is 109 Å². The number of pyridine rings is 1. The molecule has 9 heteroatoms. The van der Waals surface area contributed by atoms with Crippen LogP contribution in [0.4, 0.5) is 15.9 Å². The molecule has 2 heterocycles. The fourth-order valence-electron chi connectivity index (χ4n) is 4.55. The molecule has 2 amide bonds. The van der Waals surface area contributed by atoms with Gasteiger partial charge in [-0.25, -0.2) is 14.4 Å². The maximum Gasteiger partial charge on any atom is 0.258 e. The molecule has 1 aliphatic rings. The minimum atomic E-state index is -0.648. The van der Waals surface area contributed by atoms with Crippen molar-refractivity contribution in [3.63, 3.8) is 0 Å². The van der Waals surface area contributed by atoms with E-state index in [0.717, 1.165) is 36.8 Å². The van der Waals surface area contributed by atoms with Crippen molar-refractivity contribution in [2.75, 3.05) is 17.2 Å². The number of carbonyl (C=O) groups excluding carboxylic acids is 2. The summed E-state index contributed by atoms with van der Waals surface area (Å²) in [6.45, 7) is 2.22. The van der Waals surface area contributed by atoms with Crippen molar-refractivity contribution in [1.29, 1.82) is 0 Å². The van der Waals surface area contributed by atoms with Crippen LogP contribution >= 0.6 is 0 Å². The van der Waals surface area contributed by atoms with Crippen LogP contribution in [0.25, 0.3) is 22.4 Å². The van der Waals surface area contributed by atoms with Crippen LogP contribution in [0, 0.1) is 11.7 Å². The second kappa shape index (κ2) is 10.8. The Balaban J connectivity index is 1.26. The number of benzene rings is 2. The van der Waals surface area contributed by atoms with Crippen molar-refractivity contribution in [2.45, 2.75) is 39.0 Å². The van der Waals surface area contributed by atoms with Gasteiger partial charge in [-0.3, -0.25) is 9.59 Å². The van der Waals surface area contributed by atoms with Gasteiger partial charge in [-0.05, 0) is 56.2 Å². The number of hydrogen-bond donors (Lipinski definition) is 3. The van der Waals surface area contributed by atoms with E-state index in [1.165, 1.54) is 18.6 Å². The van der Waals surface area contributed by atoms with Crippen LogP contribution < -0.4 is 15.4 Å². The second-order valence-corrected chi connectivity index (χ2v) is 9.10. The molecule has 5 rings (SSSR count). The van der Waals surface area contributed by atoms with Crippen LogP contribution in [0.2, 0.25) is 0 Å². The molecule has 2 aromatic heterocycles. The zero-order valence-corrected chi connectivity index (χ0v) is 20.5. The van der Waals surface area contributed by atoms with E-state index in [1.807, 2.05) is 0 Å². The Morgan fingerprint density at radius 3 is 2.57 bits per heavy atom. The van der Waals surface area contributed by atoms with Crippen LogP contribution in [0.1, 0.15) is 49.4 Å². The number of nitrogens with one attached hydrogen (secondary N) is 3. The maximum atomic E-state index is 14.3. The minimum absolute atomic E-state index is 0.0186. The molecular weight excluding hydrogens is 473 g/mol. The highest BCUT2D eigenvalue weighted by molar-refractivity contribution is 6.04. The van der Waals surface area contributed by atoms with E-state index >= 15 is 0 Å². The number of aromatic amines is 1. The van der Waals surface area contributed by atoms with Gasteiger partial charge in [0.05, 0.1) is 29.4 Å². The first-order chi connectivity index (χ1) is 18.0. The number of aromatic nitrogens is 3. The monoisotopic (exact) mass is 501 g/mol. The number of H-pyrrole nitrogens is 1. The number of ether oxygens (including phenoxy) is 1. The summed E-state index contributed by atoms with van der Waals surface area (Å²) in [5.41, 5.74) is 2.69. The number of nitrogens with zero attached hydrogens (tertiary/aromatic N) is 2. The van der Waals surface area contributed by atoms with E-state index < -0.39 is 11.7 Å². The lowest BCUT2D eigenvalue weighted by atomic mass is 9.89. The molecule has 3 N–H and O–H groups in total. The van der Waals surface area contributed by atoms with Crippen molar-refractivity contribution < 1.29 is 18.7 Å². The number of anilines is 2. The highest BCUT2D eigenvalue weighted by Crippen LogP contribution is 2.26. The lowest BCUT2D eigenvalue weighted by molar-refractivity contribution is -0.120. The average molecular weight is 502 g/mol. The molecule has 1 aliphatic carbocycles. The lowest BCUT2D eigenvalue weighted by Crippen LogP contribution is -2.25. The highest BCUT2D eigenvalue weighted by atomic mass is 19.1. The van der Waals surface area contributed by atoms with E-state index in [9.17, 15) is 14.0 Å². The number of rotatable bonds is 7. The lowest BCUT2D eigenvalue weighted by Gasteiger charge is -2.20. The number of imidazole rings is 1. The molecule has 190 valence electrons. The molecule has 37 heavy (non-hydrogen) atoms. The second-order valence-electron chi connectivity index (χ2n) is 9.10. The van der Waals surface area contributed by atoms with Gasteiger partial charge in [0.2, 0.25) is 5.91 Å². The minimum Gasteiger partial charge on any atom is -0.494 e. The van der Waals surface area contributed by atoms with Crippen molar-refractivity contribution in [3.05, 3.63) is 66.1 Å². The molecule has 0 bridgehead atoms. The van der Waals surface area contributed by atoms with E-state index in [0.29, 0.717) is 35.2 Å². The van der Waals surface area contributed by atoms with Crippen LogP contribution in [-0.4, -0.2) is 33.4 Å². The van der Waals surface area contributed by atoms with Gasteiger partial charge in [-0.1, -0.05) is 19.3 Å². The number of carbonyl (C=O) groups is 2. The van der Waals surface area contributed by atoms with E-state index in [-0.39, 0.29) is 17.4 Å². The van der Waals surface area contributed by atoms with Crippen molar-refractivity contribution in [1.82, 2.24) is 15.0 Å². The van der Waals surface area contributed by atoms with Crippen molar-refractivity contribution in [2.24, 2.45) is 5.92 Å². The van der Waals surface area contributed by atoms with Gasteiger partial charge in [0.15, 0.2) is 0 Å². The number of fused-ring (bicyclic) bond motifs is 1. The molecule has 1 saturated carbocycles. The standard InChI is InChI=1S/C28H28FN5O3/c1-2-37-20-12-13-21(22(29)14-20)28(36)31-19-10-8-17(9-11-19)26-32-23-15-25(30-16-24(23)33-26)34-27(35)18-6-4-3-5-7-18/h8-16,18H,2-7H2,1H3,(H,31,36)(H,32,33)(H,30,34,35). The molecule has 4 aromatic rings. The molecule has 1 fully saturated rings. The van der Waals surface area contributed by atoms with Gasteiger partial charge < -0.3 is 20.4 Å². The van der Waals surface area contributed by atoms with E-state index in [4.69, 9.17) is 4.74 Å². The van der Waals surface area contributed by atoms with Gasteiger partial charge in [0, 0.05) is 29.3 Å². The first kappa shape index (κ1) is 24.4. The molecule has 0 unspecified atom stereocenters. The Bertz CT molecular complexity index is 1430. The third kappa shape index (κ3) is 5.61. The summed E-state index contributed by atoms with van der Waals surface area (Å²) in [5, 5.41) is 5.64. The Labute approximate surface area is 213 Å². The maximum absolute atomic E-state index is 14.3. The summed E-state index contributed by atoms with van der Waals surface area (Å²) >= 11 is 0. The zero-order chi connectivity index (χ0) is 25.8. The smallest absolute Gasteiger partial charge is 0.258 e. The van der Waals surface area contributed by atoms with Crippen LogP contribution in [0.3, 0.4) is 0 Å². The number of hydrogen-bond acceptors (Lipinski definition) is 5. The third-order valence-corrected chi connectivity index (χ3v) is 6.51. The summed E-state index contributed by atoms with van der Waals surface area (Å²) in [5.74, 6) is 0.358. The zero-order valence-electron chi connectivity index (χ0n) is 20.5. The van der Waals surface area contributed by atoms with Gasteiger partial charge in [-0.15, -0.1) is 0 Å². The molecule has 0 radical (unpaired) electrons. The van der Waals surface area contributed by atoms with Crippen molar-refractivity contribution in [3.8, 4) is 17.1 Å². The Morgan fingerprint density at radius 2 is 1.84 bits per heavy atom. The number of amides is 2. The van der Waals surface area contributed by atoms with Gasteiger partial charge >= 0.3 is 0 Å². The quantitative estimate of drug-likeness (QED) is 0.291. The normalized spacial score (nSPS) is 13.9. The average Bonchev–Trinajstić information content (AvgIpc) is 3.33. The third-order valence-electron chi connectivity index (χ3n) is 6.51. The molecule has 0 spiro atoms.